The molecule has 0 bridgehead atoms. The summed E-state index contributed by atoms with van der Waals surface area (Å²) in [4.78, 5) is 0. The van der Waals surface area contributed by atoms with E-state index >= 15 is 0 Å². The van der Waals surface area contributed by atoms with Gasteiger partial charge in [0.2, 0.25) is 0 Å². The Labute approximate surface area is 81.0 Å². The minimum Gasteiger partial charge on any atom is -0.0622 e. The topological polar surface area (TPSA) is 0 Å². The minimum atomic E-state index is 0.948. The molecule has 0 aromatic heterocycles. The van der Waals surface area contributed by atoms with E-state index < -0.39 is 0 Å². The molecule has 0 heteroatoms. The largest absolute Gasteiger partial charge is 0.0622 e. The molecule has 0 nitrogen and oxygen atoms in total. The molecular weight excluding hydrogens is 156 g/mol. The Morgan fingerprint density at radius 2 is 1.92 bits per heavy atom. The Hall–Kier alpha value is -0.780. The maximum absolute atomic E-state index is 2.51. The SMILES string of the molecule is [CH](CCc1ccccc1)C1CCC1. The monoisotopic (exact) mass is 173 g/mol. The summed E-state index contributed by atoms with van der Waals surface area (Å²) in [7, 11) is 0. The van der Waals surface area contributed by atoms with Gasteiger partial charge >= 0.3 is 0 Å². The Balaban J connectivity index is 1.67. The van der Waals surface area contributed by atoms with Crippen LogP contribution in [-0.2, 0) is 6.42 Å². The van der Waals surface area contributed by atoms with E-state index in [-0.39, 0.29) is 0 Å². The zero-order valence-electron chi connectivity index (χ0n) is 8.08. The maximum Gasteiger partial charge on any atom is -0.0276 e. The van der Waals surface area contributed by atoms with Crippen LogP contribution in [0.5, 0.6) is 0 Å². The lowest BCUT2D eigenvalue weighted by Gasteiger charge is -2.24. The molecule has 1 aromatic rings. The third-order valence-electron chi connectivity index (χ3n) is 2.93. The summed E-state index contributed by atoms with van der Waals surface area (Å²) in [5, 5.41) is 0. The van der Waals surface area contributed by atoms with Gasteiger partial charge in [-0.2, -0.15) is 0 Å². The van der Waals surface area contributed by atoms with Crippen molar-refractivity contribution in [3.05, 3.63) is 42.3 Å². The molecule has 0 atom stereocenters. The summed E-state index contributed by atoms with van der Waals surface area (Å²) >= 11 is 0. The first-order chi connectivity index (χ1) is 6.45. The summed E-state index contributed by atoms with van der Waals surface area (Å²) in [6.45, 7) is 0. The van der Waals surface area contributed by atoms with Crippen molar-refractivity contribution in [1.29, 1.82) is 0 Å². The van der Waals surface area contributed by atoms with Crippen LogP contribution in [0.25, 0.3) is 0 Å². The average Bonchev–Trinajstić information content (AvgIpc) is 2.11. The molecule has 0 heterocycles. The minimum absolute atomic E-state index is 0.948. The fourth-order valence-corrected chi connectivity index (χ4v) is 1.81. The van der Waals surface area contributed by atoms with Gasteiger partial charge in [0.1, 0.15) is 0 Å². The van der Waals surface area contributed by atoms with Gasteiger partial charge in [-0.25, -0.2) is 0 Å². The van der Waals surface area contributed by atoms with Crippen LogP contribution in [0.4, 0.5) is 0 Å². The van der Waals surface area contributed by atoms with Crippen LogP contribution in [0.1, 0.15) is 31.2 Å². The van der Waals surface area contributed by atoms with Crippen LogP contribution in [0.2, 0.25) is 0 Å². The highest BCUT2D eigenvalue weighted by Gasteiger charge is 2.16. The Bertz CT molecular complexity index is 233. The van der Waals surface area contributed by atoms with Gasteiger partial charge in [-0.05, 0) is 30.7 Å². The lowest BCUT2D eigenvalue weighted by molar-refractivity contribution is 0.353. The molecule has 1 radical (unpaired) electrons. The number of aryl methyl sites for hydroxylation is 1. The van der Waals surface area contributed by atoms with Crippen LogP contribution < -0.4 is 0 Å². The summed E-state index contributed by atoms with van der Waals surface area (Å²) in [6.07, 6.45) is 9.32. The Kier molecular flexibility index (Phi) is 3.02. The van der Waals surface area contributed by atoms with Gasteiger partial charge in [-0.3, -0.25) is 0 Å². The van der Waals surface area contributed by atoms with Gasteiger partial charge < -0.3 is 0 Å². The first-order valence-electron chi connectivity index (χ1n) is 5.32. The predicted molar refractivity (Wildman–Crippen MR) is 56.4 cm³/mol. The molecule has 1 aromatic carbocycles. The molecule has 2 rings (SSSR count). The van der Waals surface area contributed by atoms with Crippen molar-refractivity contribution in [2.24, 2.45) is 5.92 Å². The van der Waals surface area contributed by atoms with Crippen molar-refractivity contribution in [2.75, 3.05) is 0 Å². The molecule has 0 saturated heterocycles. The second kappa shape index (κ2) is 4.45. The number of hydrogen-bond acceptors (Lipinski definition) is 0. The number of hydrogen-bond donors (Lipinski definition) is 0. The number of rotatable bonds is 4. The van der Waals surface area contributed by atoms with Crippen molar-refractivity contribution in [3.8, 4) is 0 Å². The van der Waals surface area contributed by atoms with Crippen molar-refractivity contribution in [3.63, 3.8) is 0 Å². The Morgan fingerprint density at radius 3 is 2.54 bits per heavy atom. The fraction of sp³-hybridized carbons (Fsp3) is 0.462. The maximum atomic E-state index is 2.51. The molecule has 1 aliphatic rings. The molecule has 1 saturated carbocycles. The van der Waals surface area contributed by atoms with Crippen molar-refractivity contribution >= 4 is 0 Å². The lowest BCUT2D eigenvalue weighted by atomic mass is 9.81. The molecule has 0 spiro atoms. The van der Waals surface area contributed by atoms with E-state index in [1.807, 2.05) is 0 Å². The van der Waals surface area contributed by atoms with Crippen LogP contribution in [0.3, 0.4) is 0 Å². The van der Waals surface area contributed by atoms with E-state index in [9.17, 15) is 0 Å². The van der Waals surface area contributed by atoms with Crippen LogP contribution in [-0.4, -0.2) is 0 Å². The lowest BCUT2D eigenvalue weighted by Crippen LogP contribution is -2.11. The van der Waals surface area contributed by atoms with Crippen LogP contribution in [0, 0.1) is 12.3 Å². The summed E-state index contributed by atoms with van der Waals surface area (Å²) in [6, 6.07) is 10.8. The van der Waals surface area contributed by atoms with E-state index in [4.69, 9.17) is 0 Å². The third-order valence-corrected chi connectivity index (χ3v) is 2.93. The summed E-state index contributed by atoms with van der Waals surface area (Å²) in [5.41, 5.74) is 1.47. The highest BCUT2D eigenvalue weighted by atomic mass is 14.2. The number of benzene rings is 1. The van der Waals surface area contributed by atoms with Crippen LogP contribution >= 0.6 is 0 Å². The Morgan fingerprint density at radius 1 is 1.15 bits per heavy atom. The second-order valence-electron chi connectivity index (χ2n) is 3.95. The zero-order chi connectivity index (χ0) is 8.93. The van der Waals surface area contributed by atoms with E-state index in [0.717, 1.165) is 5.92 Å². The highest BCUT2D eigenvalue weighted by molar-refractivity contribution is 5.15. The molecular formula is C13H17. The van der Waals surface area contributed by atoms with Gasteiger partial charge in [0, 0.05) is 0 Å². The van der Waals surface area contributed by atoms with E-state index in [0.29, 0.717) is 0 Å². The van der Waals surface area contributed by atoms with Gasteiger partial charge in [0.05, 0.1) is 0 Å². The first-order valence-corrected chi connectivity index (χ1v) is 5.32. The summed E-state index contributed by atoms with van der Waals surface area (Å²) < 4.78 is 0. The fourth-order valence-electron chi connectivity index (χ4n) is 1.81. The molecule has 0 N–H and O–H groups in total. The second-order valence-corrected chi connectivity index (χ2v) is 3.95. The smallest absolute Gasteiger partial charge is 0.0276 e. The molecule has 0 amide bonds. The molecule has 0 aliphatic heterocycles. The normalized spacial score (nSPS) is 16.9. The summed E-state index contributed by atoms with van der Waals surface area (Å²) in [5.74, 6) is 0.948. The molecule has 1 aliphatic carbocycles. The van der Waals surface area contributed by atoms with E-state index in [2.05, 4.69) is 36.8 Å². The standard InChI is InChI=1S/C13H17/c1-2-6-12(7-3-1)8-4-9-13-10-5-11-13/h1-3,6-7,9,13H,4-5,8,10-11H2. The van der Waals surface area contributed by atoms with Gasteiger partial charge in [-0.1, -0.05) is 49.6 Å². The first kappa shape index (κ1) is 8.80. The van der Waals surface area contributed by atoms with Crippen molar-refractivity contribution < 1.29 is 0 Å². The van der Waals surface area contributed by atoms with Gasteiger partial charge in [-0.15, -0.1) is 0 Å². The third kappa shape index (κ3) is 2.58. The van der Waals surface area contributed by atoms with E-state index in [1.165, 1.54) is 37.7 Å². The molecule has 0 unspecified atom stereocenters. The highest BCUT2D eigenvalue weighted by Crippen LogP contribution is 2.29. The van der Waals surface area contributed by atoms with Gasteiger partial charge in [0.25, 0.3) is 0 Å². The van der Waals surface area contributed by atoms with E-state index in [1.54, 1.807) is 0 Å². The average molecular weight is 173 g/mol. The quantitative estimate of drug-likeness (QED) is 0.652. The van der Waals surface area contributed by atoms with Crippen molar-refractivity contribution in [1.82, 2.24) is 0 Å². The molecule has 13 heavy (non-hydrogen) atoms. The molecule has 69 valence electrons. The van der Waals surface area contributed by atoms with Crippen LogP contribution in [0.15, 0.2) is 30.3 Å². The van der Waals surface area contributed by atoms with Gasteiger partial charge in [0.15, 0.2) is 0 Å². The van der Waals surface area contributed by atoms with Crippen molar-refractivity contribution in [2.45, 2.75) is 32.1 Å². The predicted octanol–water partition coefficient (Wildman–Crippen LogP) is 3.62. The molecule has 1 fully saturated rings. The zero-order valence-corrected chi connectivity index (χ0v) is 8.08.